The van der Waals surface area contributed by atoms with E-state index in [1.165, 1.54) is 4.90 Å². The van der Waals surface area contributed by atoms with Crippen molar-refractivity contribution in [2.45, 2.75) is 50.7 Å². The van der Waals surface area contributed by atoms with Crippen LogP contribution in [0.15, 0.2) is 0 Å². The number of aliphatic carboxylic acids is 1. The van der Waals surface area contributed by atoms with E-state index in [4.69, 9.17) is 4.74 Å². The predicted octanol–water partition coefficient (Wildman–Crippen LogP) is 0.611. The molecule has 2 aliphatic rings. The lowest BCUT2D eigenvalue weighted by molar-refractivity contribution is -0.155. The van der Waals surface area contributed by atoms with Crippen molar-refractivity contribution in [2.75, 3.05) is 26.2 Å². The zero-order valence-corrected chi connectivity index (χ0v) is 12.1. The van der Waals surface area contributed by atoms with Crippen LogP contribution in [0.5, 0.6) is 0 Å². The second-order valence-electron chi connectivity index (χ2n) is 5.80. The van der Waals surface area contributed by atoms with Crippen LogP contribution >= 0.6 is 0 Å². The molecule has 2 aliphatic heterocycles. The number of hydrogen-bond donors (Lipinski definition) is 2. The number of nitrogens with one attached hydrogen (secondary N) is 1. The molecule has 1 atom stereocenters. The molecule has 0 aliphatic carbocycles. The number of carboxylic acid groups (broad SMARTS) is 1. The Morgan fingerprint density at radius 2 is 2.10 bits per heavy atom. The van der Waals surface area contributed by atoms with Gasteiger partial charge < -0.3 is 20.1 Å². The number of rotatable bonds is 5. The maximum absolute atomic E-state index is 12.2. The van der Waals surface area contributed by atoms with Gasteiger partial charge in [0.1, 0.15) is 5.54 Å². The van der Waals surface area contributed by atoms with E-state index in [0.29, 0.717) is 19.6 Å². The molecule has 0 bridgehead atoms. The van der Waals surface area contributed by atoms with Crippen LogP contribution in [0.25, 0.3) is 0 Å². The Hall–Kier alpha value is -1.14. The van der Waals surface area contributed by atoms with Crippen LogP contribution in [0.2, 0.25) is 0 Å². The van der Waals surface area contributed by atoms with Crippen LogP contribution in [0.3, 0.4) is 0 Å². The molecular formula is C14H24N2O4. The van der Waals surface area contributed by atoms with Crippen LogP contribution in [-0.4, -0.2) is 59.8 Å². The van der Waals surface area contributed by atoms with Crippen molar-refractivity contribution in [3.8, 4) is 0 Å². The summed E-state index contributed by atoms with van der Waals surface area (Å²) in [5.41, 5.74) is -1.04. The summed E-state index contributed by atoms with van der Waals surface area (Å²) in [6.07, 6.45) is 3.74. The van der Waals surface area contributed by atoms with Crippen LogP contribution < -0.4 is 5.32 Å². The third-order valence-electron chi connectivity index (χ3n) is 4.36. The summed E-state index contributed by atoms with van der Waals surface area (Å²) in [6, 6.07) is 0. The SMILES string of the molecule is CC1(C(=O)O)CCCN1C(=O)CCOC1CCNCC1. The molecule has 1 amide bonds. The summed E-state index contributed by atoms with van der Waals surface area (Å²) < 4.78 is 5.71. The highest BCUT2D eigenvalue weighted by Gasteiger charge is 2.45. The Bertz CT molecular complexity index is 368. The van der Waals surface area contributed by atoms with Crippen molar-refractivity contribution in [1.29, 1.82) is 0 Å². The average molecular weight is 284 g/mol. The van der Waals surface area contributed by atoms with Gasteiger partial charge in [0.05, 0.1) is 19.1 Å². The zero-order valence-electron chi connectivity index (χ0n) is 12.1. The monoisotopic (exact) mass is 284 g/mol. The van der Waals surface area contributed by atoms with E-state index < -0.39 is 11.5 Å². The normalized spacial score (nSPS) is 27.8. The minimum absolute atomic E-state index is 0.110. The van der Waals surface area contributed by atoms with Crippen molar-refractivity contribution in [3.63, 3.8) is 0 Å². The number of carbonyl (C=O) groups is 2. The summed E-state index contributed by atoms with van der Waals surface area (Å²) in [5.74, 6) is -1.02. The second kappa shape index (κ2) is 6.54. The Balaban J connectivity index is 1.78. The molecule has 1 unspecified atom stereocenters. The third kappa shape index (κ3) is 3.30. The summed E-state index contributed by atoms with van der Waals surface area (Å²) in [6.45, 7) is 4.47. The van der Waals surface area contributed by atoms with E-state index in [2.05, 4.69) is 5.32 Å². The van der Waals surface area contributed by atoms with Crippen LogP contribution in [0.4, 0.5) is 0 Å². The second-order valence-corrected chi connectivity index (χ2v) is 5.80. The lowest BCUT2D eigenvalue weighted by atomic mass is 9.99. The number of carbonyl (C=O) groups excluding carboxylic acids is 1. The van der Waals surface area contributed by atoms with Gasteiger partial charge in [-0.1, -0.05) is 0 Å². The first kappa shape index (κ1) is 15.3. The molecular weight excluding hydrogens is 260 g/mol. The zero-order chi connectivity index (χ0) is 14.6. The first-order valence-electron chi connectivity index (χ1n) is 7.40. The molecule has 2 N–H and O–H groups in total. The summed E-state index contributed by atoms with van der Waals surface area (Å²) in [5, 5.41) is 12.6. The van der Waals surface area contributed by atoms with Gasteiger partial charge in [-0.2, -0.15) is 0 Å². The van der Waals surface area contributed by atoms with Gasteiger partial charge in [0.25, 0.3) is 0 Å². The fraction of sp³-hybridized carbons (Fsp3) is 0.857. The number of piperidine rings is 1. The molecule has 2 rings (SSSR count). The van der Waals surface area contributed by atoms with E-state index in [1.54, 1.807) is 6.92 Å². The number of likely N-dealkylation sites (tertiary alicyclic amines) is 1. The van der Waals surface area contributed by atoms with E-state index in [1.807, 2.05) is 0 Å². The van der Waals surface area contributed by atoms with Crippen molar-refractivity contribution in [2.24, 2.45) is 0 Å². The fourth-order valence-electron chi connectivity index (χ4n) is 3.00. The summed E-state index contributed by atoms with van der Waals surface area (Å²) >= 11 is 0. The Morgan fingerprint density at radius 3 is 2.75 bits per heavy atom. The summed E-state index contributed by atoms with van der Waals surface area (Å²) in [4.78, 5) is 25.0. The van der Waals surface area contributed by atoms with E-state index in [0.717, 1.165) is 32.4 Å². The van der Waals surface area contributed by atoms with Gasteiger partial charge in [-0.3, -0.25) is 4.79 Å². The molecule has 2 heterocycles. The van der Waals surface area contributed by atoms with Crippen molar-refractivity contribution in [3.05, 3.63) is 0 Å². The minimum Gasteiger partial charge on any atom is -0.480 e. The number of ether oxygens (including phenoxy) is 1. The lowest BCUT2D eigenvalue weighted by Crippen LogP contribution is -2.51. The number of carboxylic acids is 1. The first-order valence-corrected chi connectivity index (χ1v) is 7.40. The van der Waals surface area contributed by atoms with Crippen LogP contribution in [-0.2, 0) is 14.3 Å². The van der Waals surface area contributed by atoms with Crippen LogP contribution in [0.1, 0.15) is 39.0 Å². The molecule has 20 heavy (non-hydrogen) atoms. The highest BCUT2D eigenvalue weighted by atomic mass is 16.5. The fourth-order valence-corrected chi connectivity index (χ4v) is 3.00. The number of amides is 1. The van der Waals surface area contributed by atoms with Crippen molar-refractivity contribution < 1.29 is 19.4 Å². The molecule has 114 valence electrons. The lowest BCUT2D eigenvalue weighted by Gasteiger charge is -2.31. The Kier molecular flexibility index (Phi) is 4.99. The molecule has 6 heteroatoms. The number of nitrogens with zero attached hydrogens (tertiary/aromatic N) is 1. The highest BCUT2D eigenvalue weighted by molar-refractivity contribution is 5.87. The number of hydrogen-bond acceptors (Lipinski definition) is 4. The van der Waals surface area contributed by atoms with Gasteiger partial charge in [0, 0.05) is 6.54 Å². The van der Waals surface area contributed by atoms with Crippen molar-refractivity contribution in [1.82, 2.24) is 10.2 Å². The minimum atomic E-state index is -1.04. The van der Waals surface area contributed by atoms with Gasteiger partial charge in [-0.05, 0) is 45.7 Å². The van der Waals surface area contributed by atoms with E-state index in [-0.39, 0.29) is 18.4 Å². The molecule has 2 saturated heterocycles. The Morgan fingerprint density at radius 1 is 1.40 bits per heavy atom. The molecule has 0 aromatic carbocycles. The van der Waals surface area contributed by atoms with Gasteiger partial charge >= 0.3 is 5.97 Å². The first-order chi connectivity index (χ1) is 9.54. The molecule has 2 fully saturated rings. The van der Waals surface area contributed by atoms with Crippen molar-refractivity contribution >= 4 is 11.9 Å². The standard InChI is InChI=1S/C14H24N2O4/c1-14(13(18)19)6-2-9-16(14)12(17)5-10-20-11-3-7-15-8-4-11/h11,15H,2-10H2,1H3,(H,18,19). The highest BCUT2D eigenvalue weighted by Crippen LogP contribution is 2.29. The average Bonchev–Trinajstić information content (AvgIpc) is 2.83. The third-order valence-corrected chi connectivity index (χ3v) is 4.36. The molecule has 0 radical (unpaired) electrons. The quantitative estimate of drug-likeness (QED) is 0.773. The summed E-state index contributed by atoms with van der Waals surface area (Å²) in [7, 11) is 0. The van der Waals surface area contributed by atoms with Gasteiger partial charge in [-0.15, -0.1) is 0 Å². The maximum Gasteiger partial charge on any atom is 0.329 e. The smallest absolute Gasteiger partial charge is 0.329 e. The van der Waals surface area contributed by atoms with E-state index >= 15 is 0 Å². The maximum atomic E-state index is 12.2. The molecule has 0 aromatic rings. The molecule has 0 spiro atoms. The van der Waals surface area contributed by atoms with Gasteiger partial charge in [0.2, 0.25) is 5.91 Å². The van der Waals surface area contributed by atoms with Gasteiger partial charge in [0.15, 0.2) is 0 Å². The van der Waals surface area contributed by atoms with Gasteiger partial charge in [-0.25, -0.2) is 4.79 Å². The largest absolute Gasteiger partial charge is 0.480 e. The Labute approximate surface area is 119 Å². The molecule has 6 nitrogen and oxygen atoms in total. The molecule has 0 saturated carbocycles. The molecule has 0 aromatic heterocycles. The van der Waals surface area contributed by atoms with Crippen LogP contribution in [0, 0.1) is 0 Å². The topological polar surface area (TPSA) is 78.9 Å². The predicted molar refractivity (Wildman–Crippen MR) is 73.4 cm³/mol. The van der Waals surface area contributed by atoms with E-state index in [9.17, 15) is 14.7 Å².